The van der Waals surface area contributed by atoms with E-state index in [2.05, 4.69) is 16.7 Å². The van der Waals surface area contributed by atoms with Crippen molar-refractivity contribution in [2.45, 2.75) is 44.9 Å². The van der Waals surface area contributed by atoms with Crippen molar-refractivity contribution in [3.05, 3.63) is 51.6 Å². The third-order valence-electron chi connectivity index (χ3n) is 5.63. The normalized spacial score (nSPS) is 15.8. The Bertz CT molecular complexity index is 887. The van der Waals surface area contributed by atoms with Gasteiger partial charge in [0.2, 0.25) is 5.91 Å². The molecule has 0 spiro atoms. The number of carbonyl (C=O) groups excluding carboxylic acids is 2. The predicted octanol–water partition coefficient (Wildman–Crippen LogP) is 2.93. The monoisotopic (exact) mass is 459 g/mol. The Balaban J connectivity index is 1.41. The van der Waals surface area contributed by atoms with E-state index in [1.807, 2.05) is 5.01 Å². The molecule has 2 aliphatic rings. The highest BCUT2D eigenvalue weighted by Crippen LogP contribution is 2.19. The van der Waals surface area contributed by atoms with E-state index >= 15 is 0 Å². The van der Waals surface area contributed by atoms with Crippen molar-refractivity contribution in [3.63, 3.8) is 0 Å². The van der Waals surface area contributed by atoms with Gasteiger partial charge < -0.3 is 10.6 Å². The van der Waals surface area contributed by atoms with Gasteiger partial charge in [0.1, 0.15) is 0 Å². The number of benzene rings is 1. The standard InChI is InChI=1S/C22H29N5O4S/c28-20(12-14-23-21(29)18-7-9-19(10-8-18)27(30)31)25-15-4-16-26(25)22(32)24-13-11-17-5-2-1-3-6-17/h5,7-10H,1-4,6,11-16H2,(H,23,29)(H,24,32). The van der Waals surface area contributed by atoms with Crippen molar-refractivity contribution < 1.29 is 14.5 Å². The van der Waals surface area contributed by atoms with Crippen LogP contribution in [0.4, 0.5) is 5.69 Å². The van der Waals surface area contributed by atoms with Crippen molar-refractivity contribution >= 4 is 34.8 Å². The number of amides is 2. The van der Waals surface area contributed by atoms with Gasteiger partial charge in [0.25, 0.3) is 11.6 Å². The van der Waals surface area contributed by atoms with E-state index in [-0.39, 0.29) is 30.5 Å². The second-order valence-electron chi connectivity index (χ2n) is 7.89. The highest BCUT2D eigenvalue weighted by Gasteiger charge is 2.28. The number of hydrogen-bond acceptors (Lipinski definition) is 5. The van der Waals surface area contributed by atoms with Crippen molar-refractivity contribution in [1.29, 1.82) is 0 Å². The molecule has 1 aromatic rings. The van der Waals surface area contributed by atoms with Crippen molar-refractivity contribution in [1.82, 2.24) is 20.7 Å². The van der Waals surface area contributed by atoms with E-state index in [0.29, 0.717) is 23.8 Å². The molecule has 0 atom stereocenters. The van der Waals surface area contributed by atoms with E-state index in [1.165, 1.54) is 42.7 Å². The average molecular weight is 460 g/mol. The summed E-state index contributed by atoms with van der Waals surface area (Å²) in [6, 6.07) is 5.35. The maximum absolute atomic E-state index is 12.7. The molecule has 0 radical (unpaired) electrons. The number of nitro groups is 1. The molecule has 172 valence electrons. The van der Waals surface area contributed by atoms with Gasteiger partial charge in [-0.05, 0) is 62.9 Å². The molecule has 32 heavy (non-hydrogen) atoms. The number of allylic oxidation sites excluding steroid dienone is 1. The smallest absolute Gasteiger partial charge is 0.269 e. The molecule has 1 aromatic carbocycles. The van der Waals surface area contributed by atoms with Crippen LogP contribution >= 0.6 is 12.2 Å². The quantitative estimate of drug-likeness (QED) is 0.266. The third-order valence-corrected chi connectivity index (χ3v) is 5.98. The molecule has 0 unspecified atom stereocenters. The lowest BCUT2D eigenvalue weighted by Gasteiger charge is -2.30. The lowest BCUT2D eigenvalue weighted by molar-refractivity contribution is -0.384. The number of hydrazine groups is 1. The molecule has 0 bridgehead atoms. The molecule has 0 aromatic heterocycles. The number of nitrogens with one attached hydrogen (secondary N) is 2. The van der Waals surface area contributed by atoms with Crippen LogP contribution in [0.3, 0.4) is 0 Å². The zero-order valence-corrected chi connectivity index (χ0v) is 18.9. The van der Waals surface area contributed by atoms with Crippen LogP contribution in [0, 0.1) is 10.1 Å². The topological polar surface area (TPSA) is 108 Å². The number of carbonyl (C=O) groups is 2. The Morgan fingerprint density at radius 3 is 2.47 bits per heavy atom. The summed E-state index contributed by atoms with van der Waals surface area (Å²) in [7, 11) is 0. The zero-order chi connectivity index (χ0) is 22.9. The molecule has 1 heterocycles. The first kappa shape index (κ1) is 23.6. The fraction of sp³-hybridized carbons (Fsp3) is 0.500. The van der Waals surface area contributed by atoms with Gasteiger partial charge >= 0.3 is 0 Å². The van der Waals surface area contributed by atoms with Crippen LogP contribution in [-0.4, -0.2) is 58.0 Å². The van der Waals surface area contributed by atoms with E-state index in [0.717, 1.165) is 32.2 Å². The van der Waals surface area contributed by atoms with E-state index < -0.39 is 4.92 Å². The Labute approximate surface area is 192 Å². The van der Waals surface area contributed by atoms with Gasteiger partial charge in [-0.2, -0.15) is 0 Å². The van der Waals surface area contributed by atoms with Crippen molar-refractivity contribution in [2.75, 3.05) is 26.2 Å². The lowest BCUT2D eigenvalue weighted by atomic mass is 9.97. The van der Waals surface area contributed by atoms with E-state index in [4.69, 9.17) is 12.2 Å². The van der Waals surface area contributed by atoms with Crippen LogP contribution in [0.25, 0.3) is 0 Å². The maximum atomic E-state index is 12.7. The Morgan fingerprint density at radius 2 is 1.78 bits per heavy atom. The summed E-state index contributed by atoms with van der Waals surface area (Å²) in [4.78, 5) is 35.1. The Morgan fingerprint density at radius 1 is 1.03 bits per heavy atom. The van der Waals surface area contributed by atoms with Gasteiger partial charge in [0, 0.05) is 50.3 Å². The number of thiocarbonyl (C=S) groups is 1. The molecule has 3 rings (SSSR count). The average Bonchev–Trinajstić information content (AvgIpc) is 3.30. The number of non-ortho nitro benzene ring substituents is 1. The van der Waals surface area contributed by atoms with Crippen molar-refractivity contribution in [2.24, 2.45) is 0 Å². The summed E-state index contributed by atoms with van der Waals surface area (Å²) in [6.07, 6.45) is 9.13. The second kappa shape index (κ2) is 11.6. The predicted molar refractivity (Wildman–Crippen MR) is 125 cm³/mol. The van der Waals surface area contributed by atoms with Crippen LogP contribution in [-0.2, 0) is 4.79 Å². The molecule has 2 N–H and O–H groups in total. The lowest BCUT2D eigenvalue weighted by Crippen LogP contribution is -2.49. The van der Waals surface area contributed by atoms with Crippen molar-refractivity contribution in [3.8, 4) is 0 Å². The molecular weight excluding hydrogens is 430 g/mol. The largest absolute Gasteiger partial charge is 0.361 e. The van der Waals surface area contributed by atoms with Crippen LogP contribution in [0.5, 0.6) is 0 Å². The highest BCUT2D eigenvalue weighted by atomic mass is 32.1. The summed E-state index contributed by atoms with van der Waals surface area (Å²) >= 11 is 5.51. The van der Waals surface area contributed by atoms with Crippen LogP contribution < -0.4 is 10.6 Å². The van der Waals surface area contributed by atoms with Gasteiger partial charge in [-0.15, -0.1) is 0 Å². The molecule has 2 amide bonds. The fourth-order valence-electron chi connectivity index (χ4n) is 3.88. The number of nitro benzene ring substituents is 1. The minimum atomic E-state index is -0.519. The van der Waals surface area contributed by atoms with Gasteiger partial charge in [0.15, 0.2) is 5.11 Å². The van der Waals surface area contributed by atoms with Crippen LogP contribution in [0.15, 0.2) is 35.9 Å². The molecule has 9 nitrogen and oxygen atoms in total. The first-order valence-corrected chi connectivity index (χ1v) is 11.4. The molecule has 1 saturated heterocycles. The van der Waals surface area contributed by atoms with Gasteiger partial charge in [-0.25, -0.2) is 0 Å². The Kier molecular flexibility index (Phi) is 8.55. The first-order chi connectivity index (χ1) is 15.5. The summed E-state index contributed by atoms with van der Waals surface area (Å²) in [5, 5.41) is 20.7. The molecular formula is C22H29N5O4S. The molecule has 10 heteroatoms. The molecule has 1 fully saturated rings. The number of rotatable bonds is 8. The third kappa shape index (κ3) is 6.49. The number of hydrogen-bond donors (Lipinski definition) is 2. The molecule has 1 aliphatic heterocycles. The highest BCUT2D eigenvalue weighted by molar-refractivity contribution is 7.80. The zero-order valence-electron chi connectivity index (χ0n) is 18.0. The molecule has 1 aliphatic carbocycles. The van der Waals surface area contributed by atoms with Gasteiger partial charge in [-0.1, -0.05) is 11.6 Å². The molecule has 0 saturated carbocycles. The van der Waals surface area contributed by atoms with Gasteiger partial charge in [0.05, 0.1) is 4.92 Å². The van der Waals surface area contributed by atoms with Gasteiger partial charge in [-0.3, -0.25) is 29.7 Å². The summed E-state index contributed by atoms with van der Waals surface area (Å²) < 4.78 is 0. The van der Waals surface area contributed by atoms with E-state index in [9.17, 15) is 19.7 Å². The first-order valence-electron chi connectivity index (χ1n) is 11.0. The fourth-order valence-corrected chi connectivity index (χ4v) is 4.18. The number of nitrogens with zero attached hydrogens (tertiary/aromatic N) is 3. The minimum Gasteiger partial charge on any atom is -0.361 e. The van der Waals surface area contributed by atoms with Crippen LogP contribution in [0.1, 0.15) is 55.3 Å². The minimum absolute atomic E-state index is 0.0779. The van der Waals surface area contributed by atoms with Crippen LogP contribution in [0.2, 0.25) is 0 Å². The van der Waals surface area contributed by atoms with E-state index in [1.54, 1.807) is 5.01 Å². The summed E-state index contributed by atoms with van der Waals surface area (Å²) in [5.41, 5.74) is 1.71. The maximum Gasteiger partial charge on any atom is 0.269 e. The summed E-state index contributed by atoms with van der Waals surface area (Å²) in [6.45, 7) is 2.22. The summed E-state index contributed by atoms with van der Waals surface area (Å²) in [5.74, 6) is -0.481. The SMILES string of the molecule is O=C(NCCC(=O)N1CCCN1C(=S)NCCC1=CCCCC1)c1ccc([N+](=O)[O-])cc1. The Hall–Kier alpha value is -3.01. The second-order valence-corrected chi connectivity index (χ2v) is 8.28.